The molecule has 2 amide bonds. The van der Waals surface area contributed by atoms with Gasteiger partial charge in [-0.25, -0.2) is 4.79 Å². The number of carbonyl (C=O) groups excluding carboxylic acids is 2. The number of amides is 2. The lowest BCUT2D eigenvalue weighted by Gasteiger charge is -2.14. The zero-order valence-electron chi connectivity index (χ0n) is 13.1. The second-order valence-electron chi connectivity index (χ2n) is 5.28. The van der Waals surface area contributed by atoms with Crippen molar-refractivity contribution in [1.82, 2.24) is 10.2 Å². The van der Waals surface area contributed by atoms with Crippen LogP contribution in [0.3, 0.4) is 0 Å². The van der Waals surface area contributed by atoms with Crippen LogP contribution in [0.4, 0.5) is 0 Å². The molecule has 1 aromatic carbocycles. The average Bonchev–Trinajstić information content (AvgIpc) is 2.50. The minimum Gasteiger partial charge on any atom is -0.480 e. The molecule has 0 aliphatic rings. The predicted octanol–water partition coefficient (Wildman–Crippen LogP) is 1.76. The Labute approximate surface area is 130 Å². The van der Waals surface area contributed by atoms with Gasteiger partial charge < -0.3 is 15.3 Å². The highest BCUT2D eigenvalue weighted by Gasteiger charge is 2.20. The average molecular weight is 306 g/mol. The molecule has 0 bridgehead atoms. The van der Waals surface area contributed by atoms with E-state index in [4.69, 9.17) is 5.11 Å². The molecule has 1 atom stereocenters. The molecule has 0 fully saturated rings. The fourth-order valence-electron chi connectivity index (χ4n) is 1.93. The lowest BCUT2D eigenvalue weighted by molar-refractivity contribution is -0.139. The molecule has 0 spiro atoms. The van der Waals surface area contributed by atoms with E-state index in [0.29, 0.717) is 17.5 Å². The summed E-state index contributed by atoms with van der Waals surface area (Å²) >= 11 is 0. The molecule has 0 radical (unpaired) electrons. The van der Waals surface area contributed by atoms with Crippen LogP contribution >= 0.6 is 0 Å². The quantitative estimate of drug-likeness (QED) is 0.803. The Morgan fingerprint density at radius 2 is 1.68 bits per heavy atom. The third-order valence-electron chi connectivity index (χ3n) is 3.25. The maximum absolute atomic E-state index is 12.1. The van der Waals surface area contributed by atoms with Gasteiger partial charge in [0.15, 0.2) is 0 Å². The fraction of sp³-hybridized carbons (Fsp3) is 0.438. The van der Waals surface area contributed by atoms with E-state index < -0.39 is 17.9 Å². The zero-order chi connectivity index (χ0) is 16.7. The monoisotopic (exact) mass is 306 g/mol. The van der Waals surface area contributed by atoms with Gasteiger partial charge in [0.25, 0.3) is 11.8 Å². The summed E-state index contributed by atoms with van der Waals surface area (Å²) in [6, 6.07) is 5.25. The first-order valence-corrected chi connectivity index (χ1v) is 7.22. The smallest absolute Gasteiger partial charge is 0.326 e. The predicted molar refractivity (Wildman–Crippen MR) is 82.9 cm³/mol. The van der Waals surface area contributed by atoms with Gasteiger partial charge in [-0.2, -0.15) is 0 Å². The largest absolute Gasteiger partial charge is 0.480 e. The topological polar surface area (TPSA) is 86.7 Å². The second-order valence-corrected chi connectivity index (χ2v) is 5.28. The van der Waals surface area contributed by atoms with E-state index in [1.54, 1.807) is 26.2 Å². The van der Waals surface area contributed by atoms with E-state index >= 15 is 0 Å². The minimum absolute atomic E-state index is 0.154. The van der Waals surface area contributed by atoms with Crippen molar-refractivity contribution in [2.24, 2.45) is 0 Å². The van der Waals surface area contributed by atoms with Gasteiger partial charge in [0, 0.05) is 25.2 Å². The first kappa shape index (κ1) is 17.7. The van der Waals surface area contributed by atoms with E-state index in [0.717, 1.165) is 12.8 Å². The van der Waals surface area contributed by atoms with Crippen LogP contribution in [0.15, 0.2) is 24.3 Å². The lowest BCUT2D eigenvalue weighted by Crippen LogP contribution is -2.40. The molecular formula is C16H22N2O4. The maximum atomic E-state index is 12.1. The van der Waals surface area contributed by atoms with Crippen molar-refractivity contribution in [2.45, 2.75) is 32.2 Å². The van der Waals surface area contributed by atoms with E-state index in [1.165, 1.54) is 17.0 Å². The number of hydrogen-bond donors (Lipinski definition) is 2. The van der Waals surface area contributed by atoms with Gasteiger partial charge in [0.1, 0.15) is 6.04 Å². The molecule has 6 nitrogen and oxygen atoms in total. The standard InChI is InChI=1S/C16H22N2O4/c1-4-5-6-13(16(21)22)17-14(19)11-7-9-12(10-8-11)15(20)18(2)3/h7-10,13H,4-6H2,1-3H3,(H,17,19)(H,21,22)/t13-/m0/s1. The van der Waals surface area contributed by atoms with Crippen molar-refractivity contribution >= 4 is 17.8 Å². The van der Waals surface area contributed by atoms with Crippen molar-refractivity contribution in [3.05, 3.63) is 35.4 Å². The first-order valence-electron chi connectivity index (χ1n) is 7.22. The van der Waals surface area contributed by atoms with Gasteiger partial charge in [0.05, 0.1) is 0 Å². The van der Waals surface area contributed by atoms with Crippen LogP contribution in [-0.2, 0) is 4.79 Å². The Morgan fingerprint density at radius 1 is 1.14 bits per heavy atom. The molecule has 0 aliphatic heterocycles. The van der Waals surface area contributed by atoms with Crippen molar-refractivity contribution in [3.63, 3.8) is 0 Å². The minimum atomic E-state index is -1.04. The van der Waals surface area contributed by atoms with Crippen molar-refractivity contribution < 1.29 is 19.5 Å². The third kappa shape index (κ3) is 4.87. The summed E-state index contributed by atoms with van der Waals surface area (Å²) in [5.41, 5.74) is 0.806. The number of carboxylic acid groups (broad SMARTS) is 1. The maximum Gasteiger partial charge on any atom is 0.326 e. The molecule has 120 valence electrons. The lowest BCUT2D eigenvalue weighted by atomic mass is 10.1. The number of carbonyl (C=O) groups is 3. The van der Waals surface area contributed by atoms with Crippen LogP contribution < -0.4 is 5.32 Å². The molecule has 2 N–H and O–H groups in total. The van der Waals surface area contributed by atoms with Gasteiger partial charge in [-0.1, -0.05) is 19.8 Å². The summed E-state index contributed by atoms with van der Waals surface area (Å²) in [7, 11) is 3.29. The number of benzene rings is 1. The molecule has 0 saturated carbocycles. The summed E-state index contributed by atoms with van der Waals surface area (Å²) in [5, 5.41) is 11.6. The second kappa shape index (κ2) is 8.17. The van der Waals surface area contributed by atoms with Crippen molar-refractivity contribution in [3.8, 4) is 0 Å². The first-order chi connectivity index (χ1) is 10.4. The highest BCUT2D eigenvalue weighted by atomic mass is 16.4. The van der Waals surface area contributed by atoms with Crippen LogP contribution in [-0.4, -0.2) is 47.9 Å². The summed E-state index contributed by atoms with van der Waals surface area (Å²) in [6.45, 7) is 1.96. The van der Waals surface area contributed by atoms with Crippen molar-refractivity contribution in [2.75, 3.05) is 14.1 Å². The Balaban J connectivity index is 2.76. The van der Waals surface area contributed by atoms with E-state index in [9.17, 15) is 14.4 Å². The Hall–Kier alpha value is -2.37. The van der Waals surface area contributed by atoms with E-state index in [1.807, 2.05) is 6.92 Å². The number of nitrogens with one attached hydrogen (secondary N) is 1. The summed E-state index contributed by atoms with van der Waals surface area (Å²) in [4.78, 5) is 36.4. The van der Waals surface area contributed by atoms with Crippen molar-refractivity contribution in [1.29, 1.82) is 0 Å². The van der Waals surface area contributed by atoms with Crippen LogP contribution in [0.5, 0.6) is 0 Å². The number of nitrogens with zero attached hydrogens (tertiary/aromatic N) is 1. The molecule has 0 aliphatic carbocycles. The number of rotatable bonds is 7. The fourth-order valence-corrected chi connectivity index (χ4v) is 1.93. The van der Waals surface area contributed by atoms with Crippen LogP contribution in [0.2, 0.25) is 0 Å². The van der Waals surface area contributed by atoms with E-state index in [2.05, 4.69) is 5.32 Å². The molecule has 0 heterocycles. The van der Waals surface area contributed by atoms with Gasteiger partial charge in [0.2, 0.25) is 0 Å². The number of carboxylic acids is 1. The number of hydrogen-bond acceptors (Lipinski definition) is 3. The molecule has 0 unspecified atom stereocenters. The summed E-state index contributed by atoms with van der Waals surface area (Å²) in [5.74, 6) is -1.65. The number of unbranched alkanes of at least 4 members (excludes halogenated alkanes) is 1. The van der Waals surface area contributed by atoms with E-state index in [-0.39, 0.29) is 5.91 Å². The normalized spacial score (nSPS) is 11.6. The van der Waals surface area contributed by atoms with Crippen LogP contribution in [0, 0.1) is 0 Å². The van der Waals surface area contributed by atoms with Gasteiger partial charge in [-0.3, -0.25) is 9.59 Å². The van der Waals surface area contributed by atoms with Gasteiger partial charge >= 0.3 is 5.97 Å². The SMILES string of the molecule is CCCC[C@H](NC(=O)c1ccc(C(=O)N(C)C)cc1)C(=O)O. The zero-order valence-corrected chi connectivity index (χ0v) is 13.1. The highest BCUT2D eigenvalue weighted by molar-refractivity contribution is 5.98. The molecule has 1 rings (SSSR count). The van der Waals surface area contributed by atoms with Gasteiger partial charge in [-0.15, -0.1) is 0 Å². The van der Waals surface area contributed by atoms with Crippen LogP contribution in [0.25, 0.3) is 0 Å². The Bertz CT molecular complexity index is 538. The van der Waals surface area contributed by atoms with Gasteiger partial charge in [-0.05, 0) is 30.7 Å². The number of aliphatic carboxylic acids is 1. The summed E-state index contributed by atoms with van der Waals surface area (Å²) in [6.07, 6.45) is 1.99. The molecule has 1 aromatic rings. The highest BCUT2D eigenvalue weighted by Crippen LogP contribution is 2.08. The molecule has 6 heteroatoms. The molecule has 0 aromatic heterocycles. The Kier molecular flexibility index (Phi) is 6.56. The van der Waals surface area contributed by atoms with Crippen LogP contribution in [0.1, 0.15) is 46.9 Å². The molecule has 0 saturated heterocycles. The molecule has 22 heavy (non-hydrogen) atoms. The molecular weight excluding hydrogens is 284 g/mol. The third-order valence-corrected chi connectivity index (χ3v) is 3.25. The Morgan fingerprint density at radius 3 is 2.14 bits per heavy atom. The summed E-state index contributed by atoms with van der Waals surface area (Å²) < 4.78 is 0.